The molecule has 1 aliphatic rings. The largest absolute Gasteiger partial charge is 0.444 e. The van der Waals surface area contributed by atoms with Crippen molar-refractivity contribution in [3.05, 3.63) is 36.3 Å². The van der Waals surface area contributed by atoms with E-state index in [1.165, 1.54) is 5.46 Å². The molecule has 6 heteroatoms. The van der Waals surface area contributed by atoms with Gasteiger partial charge in [-0.3, -0.25) is 4.90 Å². The molecular weight excluding hydrogens is 325 g/mol. The topological polar surface area (TPSA) is 58.2 Å². The van der Waals surface area contributed by atoms with Gasteiger partial charge in [-0.05, 0) is 45.6 Å². The van der Waals surface area contributed by atoms with Crippen LogP contribution in [0.1, 0.15) is 52.9 Å². The Morgan fingerprint density at radius 2 is 1.92 bits per heavy atom. The molecule has 0 unspecified atom stereocenters. The first-order valence-electron chi connectivity index (χ1n) is 9.29. The number of hydrogen-bond acceptors (Lipinski definition) is 3. The molecule has 0 aliphatic carbocycles. The lowest BCUT2D eigenvalue weighted by Gasteiger charge is -2.31. The molecule has 0 bridgehead atoms. The molecule has 1 aliphatic heterocycles. The second-order valence-corrected chi connectivity index (χ2v) is 8.41. The van der Waals surface area contributed by atoms with Gasteiger partial charge in [0.2, 0.25) is 0 Å². The lowest BCUT2D eigenvalue weighted by molar-refractivity contribution is 0.0140. The van der Waals surface area contributed by atoms with Crippen LogP contribution in [0.3, 0.4) is 0 Å². The van der Waals surface area contributed by atoms with Gasteiger partial charge in [0.05, 0.1) is 17.9 Å². The molecule has 2 heterocycles. The van der Waals surface area contributed by atoms with E-state index in [1.54, 1.807) is 0 Å². The minimum atomic E-state index is -0.511. The zero-order valence-electron chi connectivity index (χ0n) is 16.5. The molecule has 1 aromatic heterocycles. The van der Waals surface area contributed by atoms with Crippen molar-refractivity contribution in [2.75, 3.05) is 0 Å². The molecule has 1 N–H and O–H groups in total. The maximum atomic E-state index is 12.8. The molecule has 3 rings (SSSR count). The summed E-state index contributed by atoms with van der Waals surface area (Å²) in [7, 11) is 2.07. The van der Waals surface area contributed by atoms with Crippen molar-refractivity contribution in [2.24, 2.45) is 5.92 Å². The van der Waals surface area contributed by atoms with Crippen LogP contribution in [0.4, 0.5) is 4.79 Å². The number of ether oxygens (including phenoxy) is 1. The van der Waals surface area contributed by atoms with E-state index in [1.807, 2.05) is 31.9 Å². The fourth-order valence-corrected chi connectivity index (χ4v) is 3.46. The van der Waals surface area contributed by atoms with Crippen LogP contribution in [0.25, 0.3) is 11.3 Å². The van der Waals surface area contributed by atoms with Gasteiger partial charge in [0.25, 0.3) is 0 Å². The predicted octanol–water partition coefficient (Wildman–Crippen LogP) is 3.04. The molecule has 138 valence electrons. The summed E-state index contributed by atoms with van der Waals surface area (Å²) in [6.45, 7) is 9.94. The number of aromatic amines is 1. The van der Waals surface area contributed by atoms with Crippen molar-refractivity contribution in [2.45, 2.75) is 58.7 Å². The number of benzene rings is 1. The Morgan fingerprint density at radius 3 is 2.54 bits per heavy atom. The number of aromatic nitrogens is 2. The first kappa shape index (κ1) is 18.6. The maximum absolute atomic E-state index is 12.8. The summed E-state index contributed by atoms with van der Waals surface area (Å²) in [5.74, 6) is 1.21. The van der Waals surface area contributed by atoms with Gasteiger partial charge in [-0.1, -0.05) is 36.7 Å². The van der Waals surface area contributed by atoms with E-state index >= 15 is 0 Å². The van der Waals surface area contributed by atoms with E-state index < -0.39 is 5.60 Å². The summed E-state index contributed by atoms with van der Waals surface area (Å²) in [6, 6.07) is 8.36. The van der Waals surface area contributed by atoms with Gasteiger partial charge in [-0.2, -0.15) is 0 Å². The number of carbonyl (C=O) groups excluding carboxylic acids is 1. The Bertz CT molecular complexity index is 779. The van der Waals surface area contributed by atoms with Crippen molar-refractivity contribution >= 4 is 19.4 Å². The van der Waals surface area contributed by atoms with Crippen LogP contribution in [0, 0.1) is 5.92 Å². The molecule has 2 aromatic rings. The van der Waals surface area contributed by atoms with Gasteiger partial charge in [-0.25, -0.2) is 9.78 Å². The molecule has 0 saturated carbocycles. The average Bonchev–Trinajstić information content (AvgIpc) is 3.12. The first-order valence-corrected chi connectivity index (χ1v) is 9.29. The van der Waals surface area contributed by atoms with Crippen molar-refractivity contribution in [3.8, 4) is 11.3 Å². The van der Waals surface area contributed by atoms with Gasteiger partial charge in [0.1, 0.15) is 19.3 Å². The van der Waals surface area contributed by atoms with Gasteiger partial charge in [0.15, 0.2) is 0 Å². The number of H-pyrrole nitrogens is 1. The van der Waals surface area contributed by atoms with Gasteiger partial charge >= 0.3 is 6.09 Å². The highest BCUT2D eigenvalue weighted by Crippen LogP contribution is 2.40. The summed E-state index contributed by atoms with van der Waals surface area (Å²) in [5.41, 5.74) is 2.78. The summed E-state index contributed by atoms with van der Waals surface area (Å²) >= 11 is 0. The zero-order chi connectivity index (χ0) is 19.1. The normalized spacial score (nSPS) is 23.3. The molecule has 1 fully saturated rings. The minimum Gasteiger partial charge on any atom is -0.444 e. The maximum Gasteiger partial charge on any atom is 0.411 e. The number of rotatable bonds is 2. The second-order valence-electron chi connectivity index (χ2n) is 8.41. The minimum absolute atomic E-state index is 0.0888. The third-order valence-corrected chi connectivity index (χ3v) is 5.07. The van der Waals surface area contributed by atoms with Crippen LogP contribution in [0.2, 0.25) is 0 Å². The lowest BCUT2D eigenvalue weighted by Crippen LogP contribution is -2.41. The third kappa shape index (κ3) is 3.79. The SMILES string of the molecule is Bc1ccc(-c2cnc([C@@H]3C[C@@H](C)[C@@H](C)N3C(=O)OC(C)(C)C)[nH]2)cc1. The van der Waals surface area contributed by atoms with Crippen LogP contribution in [-0.4, -0.2) is 40.5 Å². The monoisotopic (exact) mass is 353 g/mol. The van der Waals surface area contributed by atoms with Crippen LogP contribution in [-0.2, 0) is 4.74 Å². The number of amides is 1. The van der Waals surface area contributed by atoms with E-state index in [9.17, 15) is 4.79 Å². The van der Waals surface area contributed by atoms with Crippen molar-refractivity contribution in [3.63, 3.8) is 0 Å². The Balaban J connectivity index is 1.87. The van der Waals surface area contributed by atoms with E-state index in [0.717, 1.165) is 23.5 Å². The van der Waals surface area contributed by atoms with Crippen LogP contribution in [0.15, 0.2) is 30.5 Å². The summed E-state index contributed by atoms with van der Waals surface area (Å²) in [5, 5.41) is 0. The number of nitrogens with zero attached hydrogens (tertiary/aromatic N) is 2. The van der Waals surface area contributed by atoms with Gasteiger partial charge in [-0.15, -0.1) is 0 Å². The van der Waals surface area contributed by atoms with E-state index in [4.69, 9.17) is 4.74 Å². The molecular formula is C20H28BN3O2. The number of imidazole rings is 1. The number of carbonyl (C=O) groups is 1. The Morgan fingerprint density at radius 1 is 1.27 bits per heavy atom. The number of nitrogens with one attached hydrogen (secondary N) is 1. The molecule has 0 spiro atoms. The van der Waals surface area contributed by atoms with E-state index in [0.29, 0.717) is 5.92 Å². The predicted molar refractivity (Wildman–Crippen MR) is 106 cm³/mol. The molecule has 1 saturated heterocycles. The highest BCUT2D eigenvalue weighted by Gasteiger charge is 2.43. The quantitative estimate of drug-likeness (QED) is 0.845. The Kier molecular flexibility index (Phi) is 4.87. The standard InChI is InChI=1S/C20H28BN3O2/c1-12-10-17(24(13(12)2)19(25)26-20(3,4)5)18-22-11-16(23-18)14-6-8-15(21)9-7-14/h6-9,11-13,17H,10,21H2,1-5H3,(H,22,23)/t12-,13-,17+/m1/s1. The summed E-state index contributed by atoms with van der Waals surface area (Å²) in [6.07, 6.45) is 2.45. The zero-order valence-corrected chi connectivity index (χ0v) is 16.5. The highest BCUT2D eigenvalue weighted by molar-refractivity contribution is 6.32. The molecule has 0 radical (unpaired) electrons. The molecule has 1 amide bonds. The van der Waals surface area contributed by atoms with Crippen LogP contribution in [0.5, 0.6) is 0 Å². The summed E-state index contributed by atoms with van der Waals surface area (Å²) in [4.78, 5) is 22.6. The van der Waals surface area contributed by atoms with E-state index in [2.05, 4.69) is 55.9 Å². The molecule has 3 atom stereocenters. The fourth-order valence-electron chi connectivity index (χ4n) is 3.46. The van der Waals surface area contributed by atoms with Crippen molar-refractivity contribution < 1.29 is 9.53 Å². The molecule has 5 nitrogen and oxygen atoms in total. The second kappa shape index (κ2) is 6.82. The smallest absolute Gasteiger partial charge is 0.411 e. The Labute approximate surface area is 156 Å². The third-order valence-electron chi connectivity index (χ3n) is 5.07. The molecule has 1 aromatic carbocycles. The van der Waals surface area contributed by atoms with Crippen molar-refractivity contribution in [1.29, 1.82) is 0 Å². The number of hydrogen-bond donors (Lipinski definition) is 1. The molecule has 26 heavy (non-hydrogen) atoms. The number of likely N-dealkylation sites (tertiary alicyclic amines) is 1. The van der Waals surface area contributed by atoms with Gasteiger partial charge in [0, 0.05) is 6.04 Å². The van der Waals surface area contributed by atoms with E-state index in [-0.39, 0.29) is 18.2 Å². The van der Waals surface area contributed by atoms with Gasteiger partial charge < -0.3 is 9.72 Å². The van der Waals surface area contributed by atoms with Crippen LogP contribution < -0.4 is 5.46 Å². The average molecular weight is 353 g/mol. The van der Waals surface area contributed by atoms with Crippen molar-refractivity contribution in [1.82, 2.24) is 14.9 Å². The lowest BCUT2D eigenvalue weighted by atomic mass is 9.95. The fraction of sp³-hybridized carbons (Fsp3) is 0.500. The highest BCUT2D eigenvalue weighted by atomic mass is 16.6. The van der Waals surface area contributed by atoms with Crippen LogP contribution >= 0.6 is 0 Å². The Hall–Kier alpha value is -2.24. The first-order chi connectivity index (χ1) is 12.2. The summed E-state index contributed by atoms with van der Waals surface area (Å²) < 4.78 is 5.64.